The molecular formula is C17H14BrNO. The minimum atomic E-state index is -0.669. The van der Waals surface area contributed by atoms with Gasteiger partial charge in [-0.05, 0) is 35.1 Å². The van der Waals surface area contributed by atoms with Crippen molar-refractivity contribution < 1.29 is 5.11 Å². The summed E-state index contributed by atoms with van der Waals surface area (Å²) < 4.78 is 0.952. The zero-order chi connectivity index (χ0) is 14.1. The van der Waals surface area contributed by atoms with Crippen molar-refractivity contribution in [2.24, 2.45) is 0 Å². The zero-order valence-corrected chi connectivity index (χ0v) is 12.6. The molecule has 2 nitrogen and oxygen atoms in total. The van der Waals surface area contributed by atoms with Crippen molar-refractivity contribution in [3.63, 3.8) is 0 Å². The van der Waals surface area contributed by atoms with Crippen molar-refractivity contribution >= 4 is 26.7 Å². The maximum absolute atomic E-state index is 10.7. The van der Waals surface area contributed by atoms with Gasteiger partial charge in [-0.15, -0.1) is 0 Å². The Bertz CT molecular complexity index is 765. The van der Waals surface area contributed by atoms with Crippen LogP contribution in [0, 0.1) is 6.92 Å². The van der Waals surface area contributed by atoms with Gasteiger partial charge < -0.3 is 5.11 Å². The highest BCUT2D eigenvalue weighted by atomic mass is 79.9. The lowest BCUT2D eigenvalue weighted by molar-refractivity contribution is 0.221. The quantitative estimate of drug-likeness (QED) is 0.757. The Balaban J connectivity index is 2.18. The average Bonchev–Trinajstić information content (AvgIpc) is 2.49. The summed E-state index contributed by atoms with van der Waals surface area (Å²) in [6.45, 7) is 2.02. The van der Waals surface area contributed by atoms with E-state index in [1.807, 2.05) is 49.4 Å². The topological polar surface area (TPSA) is 33.1 Å². The molecule has 1 atom stereocenters. The normalized spacial score (nSPS) is 12.6. The lowest BCUT2D eigenvalue weighted by atomic mass is 9.96. The molecule has 2 aromatic carbocycles. The predicted octanol–water partition coefficient (Wildman–Crippen LogP) is 4.39. The second kappa shape index (κ2) is 5.35. The molecule has 100 valence electrons. The summed E-state index contributed by atoms with van der Waals surface area (Å²) in [5, 5.41) is 12.8. The van der Waals surface area contributed by atoms with Crippen LogP contribution in [-0.2, 0) is 0 Å². The van der Waals surface area contributed by atoms with Gasteiger partial charge in [0.25, 0.3) is 0 Å². The number of aliphatic hydroxyl groups excluding tert-OH is 1. The minimum absolute atomic E-state index is 0.669. The molecule has 3 aromatic rings. The van der Waals surface area contributed by atoms with Crippen molar-refractivity contribution in [1.29, 1.82) is 0 Å². The molecule has 3 rings (SSSR count). The first-order chi connectivity index (χ1) is 9.68. The molecule has 0 saturated carbocycles. The first kappa shape index (κ1) is 13.3. The molecule has 1 aromatic heterocycles. The van der Waals surface area contributed by atoms with Crippen LogP contribution in [0.25, 0.3) is 10.8 Å². The number of halogens is 1. The monoisotopic (exact) mass is 327 g/mol. The highest BCUT2D eigenvalue weighted by Crippen LogP contribution is 2.33. The van der Waals surface area contributed by atoms with Crippen LogP contribution >= 0.6 is 15.9 Å². The van der Waals surface area contributed by atoms with E-state index < -0.39 is 6.10 Å². The van der Waals surface area contributed by atoms with E-state index in [9.17, 15) is 5.11 Å². The summed E-state index contributed by atoms with van der Waals surface area (Å²) in [7, 11) is 0. The molecule has 20 heavy (non-hydrogen) atoms. The number of fused-ring (bicyclic) bond motifs is 1. The Hall–Kier alpha value is -1.71. The van der Waals surface area contributed by atoms with Crippen molar-refractivity contribution in [3.8, 4) is 0 Å². The van der Waals surface area contributed by atoms with Gasteiger partial charge in [-0.3, -0.25) is 4.98 Å². The summed E-state index contributed by atoms with van der Waals surface area (Å²) in [4.78, 5) is 4.17. The van der Waals surface area contributed by atoms with E-state index in [0.717, 1.165) is 31.9 Å². The molecule has 1 heterocycles. The predicted molar refractivity (Wildman–Crippen MR) is 84.7 cm³/mol. The SMILES string of the molecule is Cc1cccc(C(O)c2cccc3ccncc23)c1Br. The summed E-state index contributed by atoms with van der Waals surface area (Å²) in [6, 6.07) is 13.8. The van der Waals surface area contributed by atoms with Crippen LogP contribution in [0.2, 0.25) is 0 Å². The molecule has 0 radical (unpaired) electrons. The first-order valence-electron chi connectivity index (χ1n) is 6.44. The molecule has 0 bridgehead atoms. The molecule has 0 fully saturated rings. The Kier molecular flexibility index (Phi) is 3.55. The van der Waals surface area contributed by atoms with Crippen LogP contribution in [0.15, 0.2) is 59.3 Å². The zero-order valence-electron chi connectivity index (χ0n) is 11.0. The highest BCUT2D eigenvalue weighted by Gasteiger charge is 2.16. The average molecular weight is 328 g/mol. The van der Waals surface area contributed by atoms with E-state index in [0.29, 0.717) is 0 Å². The van der Waals surface area contributed by atoms with Gasteiger partial charge in [0, 0.05) is 22.3 Å². The number of benzene rings is 2. The van der Waals surface area contributed by atoms with E-state index in [4.69, 9.17) is 0 Å². The largest absolute Gasteiger partial charge is 0.384 e. The smallest absolute Gasteiger partial charge is 0.106 e. The first-order valence-corrected chi connectivity index (χ1v) is 7.23. The molecular weight excluding hydrogens is 314 g/mol. The fourth-order valence-electron chi connectivity index (χ4n) is 2.42. The van der Waals surface area contributed by atoms with Crippen molar-refractivity contribution in [1.82, 2.24) is 4.98 Å². The molecule has 1 unspecified atom stereocenters. The second-order valence-corrected chi connectivity index (χ2v) is 5.62. The molecule has 0 saturated heterocycles. The van der Waals surface area contributed by atoms with Crippen molar-refractivity contribution in [2.45, 2.75) is 13.0 Å². The van der Waals surface area contributed by atoms with Crippen molar-refractivity contribution in [2.75, 3.05) is 0 Å². The molecule has 1 N–H and O–H groups in total. The van der Waals surface area contributed by atoms with E-state index in [2.05, 4.69) is 20.9 Å². The van der Waals surface area contributed by atoms with E-state index in [1.54, 1.807) is 12.4 Å². The van der Waals surface area contributed by atoms with Crippen LogP contribution < -0.4 is 0 Å². The van der Waals surface area contributed by atoms with Gasteiger partial charge in [0.05, 0.1) is 0 Å². The number of pyridine rings is 1. The second-order valence-electron chi connectivity index (χ2n) is 4.82. The van der Waals surface area contributed by atoms with Gasteiger partial charge in [-0.1, -0.05) is 52.3 Å². The third-order valence-electron chi connectivity index (χ3n) is 3.53. The van der Waals surface area contributed by atoms with E-state index >= 15 is 0 Å². The van der Waals surface area contributed by atoms with Crippen LogP contribution in [0.3, 0.4) is 0 Å². The molecule has 0 aliphatic heterocycles. The lowest BCUT2D eigenvalue weighted by Crippen LogP contribution is -2.02. The van der Waals surface area contributed by atoms with E-state index in [1.165, 1.54) is 0 Å². The van der Waals surface area contributed by atoms with E-state index in [-0.39, 0.29) is 0 Å². The Morgan fingerprint density at radius 3 is 2.65 bits per heavy atom. The molecule has 0 aliphatic carbocycles. The molecule has 0 spiro atoms. The number of aryl methyl sites for hydroxylation is 1. The fourth-order valence-corrected chi connectivity index (χ4v) is 2.91. The standard InChI is InChI=1S/C17H14BrNO/c1-11-4-2-7-14(16(11)18)17(20)13-6-3-5-12-8-9-19-10-15(12)13/h2-10,17,20H,1H3. The number of hydrogen-bond acceptors (Lipinski definition) is 2. The summed E-state index contributed by atoms with van der Waals surface area (Å²) >= 11 is 3.57. The van der Waals surface area contributed by atoms with Crippen LogP contribution in [0.1, 0.15) is 22.8 Å². The number of aromatic nitrogens is 1. The number of nitrogens with zero attached hydrogens (tertiary/aromatic N) is 1. The third kappa shape index (κ3) is 2.23. The fraction of sp³-hybridized carbons (Fsp3) is 0.118. The maximum atomic E-state index is 10.7. The Morgan fingerprint density at radius 2 is 1.80 bits per heavy atom. The summed E-state index contributed by atoms with van der Waals surface area (Å²) in [5.74, 6) is 0. The molecule has 0 aliphatic rings. The van der Waals surface area contributed by atoms with Gasteiger partial charge in [0.1, 0.15) is 6.10 Å². The Labute approximate surface area is 126 Å². The van der Waals surface area contributed by atoms with Gasteiger partial charge in [0.2, 0.25) is 0 Å². The summed E-state index contributed by atoms with van der Waals surface area (Å²) in [6.07, 6.45) is 2.90. The van der Waals surface area contributed by atoms with Crippen LogP contribution in [0.4, 0.5) is 0 Å². The van der Waals surface area contributed by atoms with Gasteiger partial charge >= 0.3 is 0 Å². The summed E-state index contributed by atoms with van der Waals surface area (Å²) in [5.41, 5.74) is 2.86. The molecule has 3 heteroatoms. The third-order valence-corrected chi connectivity index (χ3v) is 4.61. The number of rotatable bonds is 2. The highest BCUT2D eigenvalue weighted by molar-refractivity contribution is 9.10. The van der Waals surface area contributed by atoms with Crippen LogP contribution in [0.5, 0.6) is 0 Å². The molecule has 0 amide bonds. The Morgan fingerprint density at radius 1 is 1.05 bits per heavy atom. The van der Waals surface area contributed by atoms with Gasteiger partial charge in [-0.2, -0.15) is 0 Å². The van der Waals surface area contributed by atoms with Gasteiger partial charge in [-0.25, -0.2) is 0 Å². The minimum Gasteiger partial charge on any atom is -0.384 e. The lowest BCUT2D eigenvalue weighted by Gasteiger charge is -2.16. The number of hydrogen-bond donors (Lipinski definition) is 1. The number of aliphatic hydroxyl groups is 1. The maximum Gasteiger partial charge on any atom is 0.106 e. The van der Waals surface area contributed by atoms with Crippen LogP contribution in [-0.4, -0.2) is 10.1 Å². The van der Waals surface area contributed by atoms with Crippen molar-refractivity contribution in [3.05, 3.63) is 76.0 Å². The van der Waals surface area contributed by atoms with Gasteiger partial charge in [0.15, 0.2) is 0 Å².